The third-order valence-corrected chi connectivity index (χ3v) is 3.15. The van der Waals surface area contributed by atoms with E-state index in [4.69, 9.17) is 17.3 Å². The fourth-order valence-corrected chi connectivity index (χ4v) is 2.07. The molecular weight excluding hydrogens is 256 g/mol. The van der Waals surface area contributed by atoms with Gasteiger partial charge in [-0.3, -0.25) is 0 Å². The minimum absolute atomic E-state index is 0.245. The van der Waals surface area contributed by atoms with Crippen LogP contribution in [0.2, 0.25) is 5.02 Å². The molecule has 0 heterocycles. The van der Waals surface area contributed by atoms with Gasteiger partial charge in [-0.05, 0) is 47.9 Å². The smallest absolute Gasteiger partial charge is 0.127 e. The third kappa shape index (κ3) is 2.52. The lowest BCUT2D eigenvalue weighted by Gasteiger charge is -2.15. The molecule has 2 aromatic rings. The molecule has 0 saturated carbocycles. The van der Waals surface area contributed by atoms with E-state index in [0.717, 1.165) is 0 Å². The fraction of sp³-hybridized carbons (Fsp3) is 0.143. The van der Waals surface area contributed by atoms with Gasteiger partial charge in [0, 0.05) is 5.02 Å². The van der Waals surface area contributed by atoms with Crippen LogP contribution in [-0.2, 0) is 0 Å². The average Bonchev–Trinajstić information content (AvgIpc) is 2.33. The van der Waals surface area contributed by atoms with Gasteiger partial charge in [-0.1, -0.05) is 23.7 Å². The van der Waals surface area contributed by atoms with Crippen LogP contribution >= 0.6 is 11.6 Å². The van der Waals surface area contributed by atoms with Gasteiger partial charge in [0.15, 0.2) is 0 Å². The summed E-state index contributed by atoms with van der Waals surface area (Å²) in [5, 5.41) is 0.245. The first-order valence-corrected chi connectivity index (χ1v) is 5.83. The van der Waals surface area contributed by atoms with E-state index in [2.05, 4.69) is 0 Å². The summed E-state index contributed by atoms with van der Waals surface area (Å²) in [6.45, 7) is 1.63. The van der Waals surface area contributed by atoms with Crippen molar-refractivity contribution in [3.05, 3.63) is 69.7 Å². The van der Waals surface area contributed by atoms with Crippen molar-refractivity contribution >= 4 is 11.6 Å². The zero-order valence-electron chi connectivity index (χ0n) is 9.75. The Hall–Kier alpha value is -1.45. The monoisotopic (exact) mass is 267 g/mol. The van der Waals surface area contributed by atoms with Gasteiger partial charge in [0.05, 0.1) is 6.04 Å². The Morgan fingerprint density at radius 1 is 1.17 bits per heavy atom. The molecule has 0 spiro atoms. The highest BCUT2D eigenvalue weighted by Crippen LogP contribution is 2.29. The van der Waals surface area contributed by atoms with E-state index >= 15 is 0 Å². The zero-order valence-corrected chi connectivity index (χ0v) is 10.5. The molecule has 0 aromatic heterocycles. The van der Waals surface area contributed by atoms with E-state index < -0.39 is 6.04 Å². The third-order valence-electron chi connectivity index (χ3n) is 2.82. The summed E-state index contributed by atoms with van der Waals surface area (Å²) in [6.07, 6.45) is 0. The molecule has 0 fully saturated rings. The van der Waals surface area contributed by atoms with Crippen molar-refractivity contribution in [2.24, 2.45) is 5.73 Å². The number of nitrogens with two attached hydrogens (primary N) is 1. The molecule has 0 aliphatic heterocycles. The average molecular weight is 268 g/mol. The van der Waals surface area contributed by atoms with Crippen molar-refractivity contribution < 1.29 is 8.78 Å². The van der Waals surface area contributed by atoms with Gasteiger partial charge >= 0.3 is 0 Å². The van der Waals surface area contributed by atoms with E-state index in [0.29, 0.717) is 16.7 Å². The molecule has 0 radical (unpaired) electrons. The van der Waals surface area contributed by atoms with Crippen molar-refractivity contribution in [1.29, 1.82) is 0 Å². The number of rotatable bonds is 2. The molecule has 0 aliphatic rings. The Kier molecular flexibility index (Phi) is 3.64. The van der Waals surface area contributed by atoms with Crippen molar-refractivity contribution in [2.45, 2.75) is 13.0 Å². The summed E-state index contributed by atoms with van der Waals surface area (Å²) in [6, 6.07) is 8.22. The SMILES string of the molecule is Cc1cc(C(N)c2cccc(F)c2)c(Cl)cc1F. The summed E-state index contributed by atoms with van der Waals surface area (Å²) >= 11 is 5.97. The van der Waals surface area contributed by atoms with Crippen LogP contribution in [0.15, 0.2) is 36.4 Å². The Labute approximate surface area is 109 Å². The van der Waals surface area contributed by atoms with E-state index in [1.54, 1.807) is 25.1 Å². The lowest BCUT2D eigenvalue weighted by molar-refractivity contribution is 0.615. The maximum Gasteiger partial charge on any atom is 0.127 e. The van der Waals surface area contributed by atoms with E-state index in [-0.39, 0.29) is 16.7 Å². The first-order valence-electron chi connectivity index (χ1n) is 5.45. The van der Waals surface area contributed by atoms with Crippen LogP contribution in [-0.4, -0.2) is 0 Å². The minimum Gasteiger partial charge on any atom is -0.320 e. The van der Waals surface area contributed by atoms with Crippen molar-refractivity contribution in [3.63, 3.8) is 0 Å². The molecule has 0 amide bonds. The highest BCUT2D eigenvalue weighted by molar-refractivity contribution is 6.31. The molecule has 0 saturated heterocycles. The molecule has 0 aliphatic carbocycles. The molecule has 94 valence electrons. The molecular formula is C14H12ClF2N. The topological polar surface area (TPSA) is 26.0 Å². The predicted molar refractivity (Wildman–Crippen MR) is 68.6 cm³/mol. The van der Waals surface area contributed by atoms with Gasteiger partial charge in [-0.15, -0.1) is 0 Å². The predicted octanol–water partition coefficient (Wildman–Crippen LogP) is 3.97. The molecule has 2 aromatic carbocycles. The number of halogens is 3. The van der Waals surface area contributed by atoms with E-state index in [1.165, 1.54) is 18.2 Å². The highest BCUT2D eigenvalue weighted by atomic mass is 35.5. The molecule has 4 heteroatoms. The zero-order chi connectivity index (χ0) is 13.3. The second-order valence-corrected chi connectivity index (χ2v) is 4.56. The maximum atomic E-state index is 13.3. The fourth-order valence-electron chi connectivity index (χ4n) is 1.80. The number of hydrogen-bond donors (Lipinski definition) is 1. The lowest BCUT2D eigenvalue weighted by atomic mass is 9.98. The van der Waals surface area contributed by atoms with Gasteiger partial charge in [-0.25, -0.2) is 8.78 Å². The normalized spacial score (nSPS) is 12.5. The van der Waals surface area contributed by atoms with Crippen molar-refractivity contribution in [3.8, 4) is 0 Å². The van der Waals surface area contributed by atoms with Gasteiger partial charge in [0.2, 0.25) is 0 Å². The van der Waals surface area contributed by atoms with Crippen molar-refractivity contribution in [2.75, 3.05) is 0 Å². The minimum atomic E-state index is -0.576. The van der Waals surface area contributed by atoms with Crippen LogP contribution in [0.4, 0.5) is 8.78 Å². The molecule has 2 rings (SSSR count). The molecule has 18 heavy (non-hydrogen) atoms. The summed E-state index contributed by atoms with van der Waals surface area (Å²) in [5.41, 5.74) is 7.68. The molecule has 2 N–H and O–H groups in total. The molecule has 1 nitrogen and oxygen atoms in total. The Morgan fingerprint density at radius 2 is 1.89 bits per heavy atom. The highest BCUT2D eigenvalue weighted by Gasteiger charge is 2.15. The second kappa shape index (κ2) is 5.04. The summed E-state index contributed by atoms with van der Waals surface area (Å²) in [5.74, 6) is -0.743. The van der Waals surface area contributed by atoms with Gasteiger partial charge < -0.3 is 5.73 Å². The summed E-state index contributed by atoms with van der Waals surface area (Å²) in [7, 11) is 0. The summed E-state index contributed by atoms with van der Waals surface area (Å²) in [4.78, 5) is 0. The second-order valence-electron chi connectivity index (χ2n) is 4.16. The quantitative estimate of drug-likeness (QED) is 0.875. The van der Waals surface area contributed by atoms with Crippen LogP contribution < -0.4 is 5.73 Å². The van der Waals surface area contributed by atoms with Gasteiger partial charge in [0.1, 0.15) is 11.6 Å². The first-order chi connectivity index (χ1) is 8.49. The van der Waals surface area contributed by atoms with E-state index in [1.807, 2.05) is 0 Å². The molecule has 1 atom stereocenters. The molecule has 0 bridgehead atoms. The van der Waals surface area contributed by atoms with Crippen LogP contribution in [0.1, 0.15) is 22.7 Å². The summed E-state index contributed by atoms with van der Waals surface area (Å²) < 4.78 is 26.4. The van der Waals surface area contributed by atoms with Crippen LogP contribution in [0.25, 0.3) is 0 Å². The van der Waals surface area contributed by atoms with Crippen molar-refractivity contribution in [1.82, 2.24) is 0 Å². The van der Waals surface area contributed by atoms with Gasteiger partial charge in [0.25, 0.3) is 0 Å². The number of benzene rings is 2. The van der Waals surface area contributed by atoms with Crippen LogP contribution in [0, 0.1) is 18.6 Å². The number of hydrogen-bond acceptors (Lipinski definition) is 1. The Balaban J connectivity index is 2.46. The van der Waals surface area contributed by atoms with Crippen LogP contribution in [0.3, 0.4) is 0 Å². The standard InChI is InChI=1S/C14H12ClF2N/c1-8-5-11(12(15)7-13(8)17)14(18)9-3-2-4-10(16)6-9/h2-7,14H,18H2,1H3. The Morgan fingerprint density at radius 3 is 2.56 bits per heavy atom. The lowest BCUT2D eigenvalue weighted by Crippen LogP contribution is -2.13. The van der Waals surface area contributed by atoms with Gasteiger partial charge in [-0.2, -0.15) is 0 Å². The number of aryl methyl sites for hydroxylation is 1. The largest absolute Gasteiger partial charge is 0.320 e. The maximum absolute atomic E-state index is 13.3. The van der Waals surface area contributed by atoms with E-state index in [9.17, 15) is 8.78 Å². The Bertz CT molecular complexity index is 584. The first kappa shape index (κ1) is 13.0. The van der Waals surface area contributed by atoms with Crippen LogP contribution in [0.5, 0.6) is 0 Å². The molecule has 1 unspecified atom stereocenters.